The molecule has 0 aliphatic rings. The highest BCUT2D eigenvalue weighted by Gasteiger charge is 2.19. The molecule has 0 aliphatic heterocycles. The van der Waals surface area contributed by atoms with Crippen LogP contribution in [0.25, 0.3) is 0 Å². The van der Waals surface area contributed by atoms with Gasteiger partial charge in [0.2, 0.25) is 0 Å². The maximum absolute atomic E-state index is 6.21. The van der Waals surface area contributed by atoms with Gasteiger partial charge in [0.1, 0.15) is 0 Å². The Morgan fingerprint density at radius 2 is 2.00 bits per heavy atom. The fourth-order valence-electron chi connectivity index (χ4n) is 1.85. The molecule has 1 atom stereocenters. The number of benzene rings is 1. The lowest BCUT2D eigenvalue weighted by Gasteiger charge is -2.27. The van der Waals surface area contributed by atoms with Gasteiger partial charge in [0.25, 0.3) is 0 Å². The van der Waals surface area contributed by atoms with E-state index >= 15 is 0 Å². The first kappa shape index (κ1) is 16.8. The Balaban J connectivity index is 2.59. The monoisotopic (exact) mass is 303 g/mol. The summed E-state index contributed by atoms with van der Waals surface area (Å²) in [5.74, 6) is 0. The molecular formula is C15H23Cl2NO. The summed E-state index contributed by atoms with van der Waals surface area (Å²) in [5.41, 5.74) is 1.23. The normalized spacial score (nSPS) is 13.6. The van der Waals surface area contributed by atoms with Gasteiger partial charge in [-0.2, -0.15) is 0 Å². The third-order valence-corrected chi connectivity index (χ3v) is 3.87. The van der Waals surface area contributed by atoms with E-state index in [0.717, 1.165) is 30.2 Å². The summed E-state index contributed by atoms with van der Waals surface area (Å²) in [6, 6.07) is 5.74. The van der Waals surface area contributed by atoms with Gasteiger partial charge >= 0.3 is 0 Å². The summed E-state index contributed by atoms with van der Waals surface area (Å²) in [6.45, 7) is 8.24. The van der Waals surface area contributed by atoms with Crippen LogP contribution in [0.5, 0.6) is 0 Å². The number of methoxy groups -OCH3 is 1. The van der Waals surface area contributed by atoms with Crippen molar-refractivity contribution < 1.29 is 4.74 Å². The van der Waals surface area contributed by atoms with E-state index in [2.05, 4.69) is 26.1 Å². The standard InChI is InChI=1S/C15H23Cl2NO/c1-11(13-9-12(16)5-6-14(13)17)18-10-15(2,3)7-8-19-4/h5-6,9,11,18H,7-8,10H2,1-4H3. The summed E-state index contributed by atoms with van der Waals surface area (Å²) in [4.78, 5) is 0. The second-order valence-electron chi connectivity index (χ2n) is 5.68. The van der Waals surface area contributed by atoms with Gasteiger partial charge in [-0.1, -0.05) is 37.0 Å². The second-order valence-corrected chi connectivity index (χ2v) is 6.52. The average Bonchev–Trinajstić information content (AvgIpc) is 2.36. The van der Waals surface area contributed by atoms with Gasteiger partial charge in [0.05, 0.1) is 0 Å². The van der Waals surface area contributed by atoms with Crippen molar-refractivity contribution in [2.45, 2.75) is 33.2 Å². The third kappa shape index (κ3) is 5.70. The van der Waals surface area contributed by atoms with Crippen LogP contribution in [0.3, 0.4) is 0 Å². The zero-order valence-corrected chi connectivity index (χ0v) is 13.6. The minimum Gasteiger partial charge on any atom is -0.385 e. The predicted molar refractivity (Wildman–Crippen MR) is 83.2 cm³/mol. The maximum atomic E-state index is 6.21. The first-order valence-electron chi connectivity index (χ1n) is 6.53. The van der Waals surface area contributed by atoms with Crippen molar-refractivity contribution in [2.24, 2.45) is 5.41 Å². The average molecular weight is 304 g/mol. The van der Waals surface area contributed by atoms with Crippen molar-refractivity contribution in [3.05, 3.63) is 33.8 Å². The SMILES string of the molecule is COCCC(C)(C)CNC(C)c1cc(Cl)ccc1Cl. The lowest BCUT2D eigenvalue weighted by Crippen LogP contribution is -2.32. The van der Waals surface area contributed by atoms with Crippen molar-refractivity contribution in [1.29, 1.82) is 0 Å². The molecule has 4 heteroatoms. The van der Waals surface area contributed by atoms with Crippen LogP contribution >= 0.6 is 23.2 Å². The Hall–Kier alpha value is -0.280. The minimum atomic E-state index is 0.174. The van der Waals surface area contributed by atoms with E-state index in [1.165, 1.54) is 0 Å². The molecule has 0 aliphatic carbocycles. The zero-order valence-electron chi connectivity index (χ0n) is 12.1. The molecule has 0 heterocycles. The molecule has 108 valence electrons. The molecule has 0 amide bonds. The molecule has 0 radical (unpaired) electrons. The van der Waals surface area contributed by atoms with Crippen LogP contribution in [0.4, 0.5) is 0 Å². The van der Waals surface area contributed by atoms with E-state index in [1.807, 2.05) is 18.2 Å². The maximum Gasteiger partial charge on any atom is 0.0467 e. The molecule has 0 saturated heterocycles. The molecular weight excluding hydrogens is 281 g/mol. The van der Waals surface area contributed by atoms with E-state index in [4.69, 9.17) is 27.9 Å². The lowest BCUT2D eigenvalue weighted by atomic mass is 9.89. The van der Waals surface area contributed by atoms with Crippen LogP contribution in [0.2, 0.25) is 10.0 Å². The highest BCUT2D eigenvalue weighted by Crippen LogP contribution is 2.27. The molecule has 1 aromatic carbocycles. The number of nitrogens with one attached hydrogen (secondary N) is 1. The number of rotatable bonds is 7. The Morgan fingerprint density at radius 1 is 1.32 bits per heavy atom. The van der Waals surface area contributed by atoms with Crippen molar-refractivity contribution in [3.63, 3.8) is 0 Å². The van der Waals surface area contributed by atoms with Crippen LogP contribution in [-0.2, 0) is 4.74 Å². The van der Waals surface area contributed by atoms with Crippen molar-refractivity contribution in [2.75, 3.05) is 20.3 Å². The fourth-order valence-corrected chi connectivity index (χ4v) is 2.31. The summed E-state index contributed by atoms with van der Waals surface area (Å²) >= 11 is 12.2. The van der Waals surface area contributed by atoms with Gasteiger partial charge in [0, 0.05) is 36.3 Å². The Morgan fingerprint density at radius 3 is 2.63 bits per heavy atom. The van der Waals surface area contributed by atoms with Crippen molar-refractivity contribution in [3.8, 4) is 0 Å². The van der Waals surface area contributed by atoms with E-state index < -0.39 is 0 Å². The van der Waals surface area contributed by atoms with Gasteiger partial charge in [0.15, 0.2) is 0 Å². The Bertz CT molecular complexity index is 407. The molecule has 1 aromatic rings. The molecule has 0 bridgehead atoms. The van der Waals surface area contributed by atoms with E-state index in [-0.39, 0.29) is 11.5 Å². The van der Waals surface area contributed by atoms with E-state index in [0.29, 0.717) is 5.02 Å². The lowest BCUT2D eigenvalue weighted by molar-refractivity contribution is 0.149. The van der Waals surface area contributed by atoms with Crippen molar-refractivity contribution >= 4 is 23.2 Å². The van der Waals surface area contributed by atoms with Gasteiger partial charge in [-0.3, -0.25) is 0 Å². The highest BCUT2D eigenvalue weighted by molar-refractivity contribution is 6.33. The molecule has 19 heavy (non-hydrogen) atoms. The Labute approximate surface area is 126 Å². The smallest absolute Gasteiger partial charge is 0.0467 e. The molecule has 0 aromatic heterocycles. The number of hydrogen-bond donors (Lipinski definition) is 1. The Kier molecular flexibility index (Phi) is 6.61. The molecule has 0 fully saturated rings. The van der Waals surface area contributed by atoms with E-state index in [9.17, 15) is 0 Å². The van der Waals surface area contributed by atoms with Gasteiger partial charge in [-0.05, 0) is 42.5 Å². The van der Waals surface area contributed by atoms with Crippen LogP contribution in [0.15, 0.2) is 18.2 Å². The third-order valence-electron chi connectivity index (χ3n) is 3.29. The van der Waals surface area contributed by atoms with Gasteiger partial charge in [-0.15, -0.1) is 0 Å². The van der Waals surface area contributed by atoms with Gasteiger partial charge < -0.3 is 10.1 Å². The first-order valence-corrected chi connectivity index (χ1v) is 7.28. The summed E-state index contributed by atoms with van der Waals surface area (Å²) in [7, 11) is 1.73. The van der Waals surface area contributed by atoms with E-state index in [1.54, 1.807) is 7.11 Å². The summed E-state index contributed by atoms with van der Waals surface area (Å²) < 4.78 is 5.14. The quantitative estimate of drug-likeness (QED) is 0.788. The van der Waals surface area contributed by atoms with Crippen LogP contribution in [-0.4, -0.2) is 20.3 Å². The second kappa shape index (κ2) is 7.49. The predicted octanol–water partition coefficient (Wildman–Crippen LogP) is 4.71. The molecule has 0 saturated carbocycles. The number of hydrogen-bond acceptors (Lipinski definition) is 2. The zero-order chi connectivity index (χ0) is 14.5. The molecule has 1 N–H and O–H groups in total. The first-order chi connectivity index (χ1) is 8.85. The van der Waals surface area contributed by atoms with Crippen LogP contribution in [0.1, 0.15) is 38.8 Å². The van der Waals surface area contributed by atoms with Crippen molar-refractivity contribution in [1.82, 2.24) is 5.32 Å². The topological polar surface area (TPSA) is 21.3 Å². The summed E-state index contributed by atoms with van der Waals surface area (Å²) in [6.07, 6.45) is 1.02. The number of ether oxygens (including phenoxy) is 1. The van der Waals surface area contributed by atoms with Crippen LogP contribution < -0.4 is 5.32 Å². The molecule has 0 spiro atoms. The molecule has 1 rings (SSSR count). The minimum absolute atomic E-state index is 0.174. The fraction of sp³-hybridized carbons (Fsp3) is 0.600. The van der Waals surface area contributed by atoms with Crippen LogP contribution in [0, 0.1) is 5.41 Å². The van der Waals surface area contributed by atoms with Gasteiger partial charge in [-0.25, -0.2) is 0 Å². The molecule has 2 nitrogen and oxygen atoms in total. The largest absolute Gasteiger partial charge is 0.385 e. The molecule has 1 unspecified atom stereocenters. The number of halogens is 2. The summed E-state index contributed by atoms with van der Waals surface area (Å²) in [5, 5.41) is 4.98. The highest BCUT2D eigenvalue weighted by atomic mass is 35.5.